The van der Waals surface area contributed by atoms with Crippen LogP contribution in [0, 0.1) is 0 Å². The average molecular weight is 329 g/mol. The zero-order valence-corrected chi connectivity index (χ0v) is 14.0. The summed E-state index contributed by atoms with van der Waals surface area (Å²) in [6.45, 7) is 0. The Hall–Kier alpha value is -3.33. The summed E-state index contributed by atoms with van der Waals surface area (Å²) in [6, 6.07) is 24.9. The molecule has 3 aromatic carbocycles. The highest BCUT2D eigenvalue weighted by Crippen LogP contribution is 2.17. The molecular weight excluding hydrogens is 310 g/mol. The van der Waals surface area contributed by atoms with Crippen molar-refractivity contribution < 1.29 is 9.53 Å². The third-order valence-corrected chi connectivity index (χ3v) is 3.77. The van der Waals surface area contributed by atoms with Gasteiger partial charge in [0.1, 0.15) is 5.75 Å². The Morgan fingerprint density at radius 3 is 2.12 bits per heavy atom. The molecule has 0 saturated heterocycles. The molecule has 0 saturated carbocycles. The zero-order valence-electron chi connectivity index (χ0n) is 14.0. The van der Waals surface area contributed by atoms with E-state index in [4.69, 9.17) is 4.74 Å². The molecule has 3 aromatic rings. The summed E-state index contributed by atoms with van der Waals surface area (Å²) in [7, 11) is 1.63. The van der Waals surface area contributed by atoms with Crippen molar-refractivity contribution in [3.63, 3.8) is 0 Å². The lowest BCUT2D eigenvalue weighted by Crippen LogP contribution is -1.95. The van der Waals surface area contributed by atoms with Crippen LogP contribution >= 0.6 is 0 Å². The molecule has 0 aliphatic rings. The minimum absolute atomic E-state index is 0.0259. The number of carbonyl (C=O) groups excluding carboxylic acids is 1. The first-order chi connectivity index (χ1) is 12.2. The minimum Gasteiger partial charge on any atom is -0.497 e. The highest BCUT2D eigenvalue weighted by Gasteiger charge is 2.02. The molecule has 0 aliphatic heterocycles. The van der Waals surface area contributed by atoms with Gasteiger partial charge in [0.05, 0.1) is 7.11 Å². The van der Waals surface area contributed by atoms with Crippen LogP contribution in [0.15, 0.2) is 84.9 Å². The third-order valence-electron chi connectivity index (χ3n) is 3.77. The van der Waals surface area contributed by atoms with Crippen LogP contribution in [-0.4, -0.2) is 12.9 Å². The molecule has 0 spiro atoms. The second kappa shape index (κ2) is 7.97. The second-order valence-corrected chi connectivity index (χ2v) is 5.54. The molecule has 3 nitrogen and oxygen atoms in total. The first kappa shape index (κ1) is 16.5. The van der Waals surface area contributed by atoms with Crippen LogP contribution in [0.4, 0.5) is 11.4 Å². The second-order valence-electron chi connectivity index (χ2n) is 5.54. The van der Waals surface area contributed by atoms with Crippen LogP contribution in [-0.2, 0) is 0 Å². The largest absolute Gasteiger partial charge is 0.497 e. The Bertz CT molecular complexity index is 851. The molecule has 0 heterocycles. The van der Waals surface area contributed by atoms with Crippen LogP contribution in [0.3, 0.4) is 0 Å². The summed E-state index contributed by atoms with van der Waals surface area (Å²) in [4.78, 5) is 12.3. The Balaban J connectivity index is 1.64. The van der Waals surface area contributed by atoms with E-state index in [0.717, 1.165) is 22.7 Å². The first-order valence-corrected chi connectivity index (χ1v) is 8.03. The number of ketones is 1. The van der Waals surface area contributed by atoms with Crippen molar-refractivity contribution in [1.82, 2.24) is 0 Å². The van der Waals surface area contributed by atoms with Gasteiger partial charge in [0, 0.05) is 16.9 Å². The van der Waals surface area contributed by atoms with Crippen molar-refractivity contribution in [3.8, 4) is 5.75 Å². The first-order valence-electron chi connectivity index (χ1n) is 8.03. The van der Waals surface area contributed by atoms with E-state index in [9.17, 15) is 4.79 Å². The average Bonchev–Trinajstić information content (AvgIpc) is 2.68. The number of hydrogen-bond donors (Lipinski definition) is 1. The topological polar surface area (TPSA) is 38.3 Å². The fourth-order valence-corrected chi connectivity index (χ4v) is 2.39. The Kier molecular flexibility index (Phi) is 5.27. The lowest BCUT2D eigenvalue weighted by Gasteiger charge is -2.06. The Labute approximate surface area is 147 Å². The molecule has 0 bridgehead atoms. The number of rotatable bonds is 6. The quantitative estimate of drug-likeness (QED) is 0.490. The number of anilines is 2. The molecule has 0 atom stereocenters. The smallest absolute Gasteiger partial charge is 0.185 e. The minimum atomic E-state index is -0.0259. The van der Waals surface area contributed by atoms with E-state index in [1.807, 2.05) is 78.9 Å². The van der Waals surface area contributed by atoms with Gasteiger partial charge in [0.15, 0.2) is 5.78 Å². The van der Waals surface area contributed by atoms with Gasteiger partial charge in [-0.25, -0.2) is 0 Å². The van der Waals surface area contributed by atoms with Crippen molar-refractivity contribution in [3.05, 3.63) is 96.1 Å². The summed E-state index contributed by atoms with van der Waals surface area (Å²) < 4.78 is 5.12. The van der Waals surface area contributed by atoms with E-state index < -0.39 is 0 Å². The van der Waals surface area contributed by atoms with E-state index in [1.54, 1.807) is 19.3 Å². The van der Waals surface area contributed by atoms with Crippen molar-refractivity contribution in [1.29, 1.82) is 0 Å². The molecule has 0 fully saturated rings. The van der Waals surface area contributed by atoms with Crippen LogP contribution in [0.2, 0.25) is 0 Å². The highest BCUT2D eigenvalue weighted by molar-refractivity contribution is 6.07. The monoisotopic (exact) mass is 329 g/mol. The number of benzene rings is 3. The normalized spacial score (nSPS) is 10.6. The summed E-state index contributed by atoms with van der Waals surface area (Å²) in [5.41, 5.74) is 3.57. The van der Waals surface area contributed by atoms with Crippen molar-refractivity contribution >= 4 is 23.2 Å². The van der Waals surface area contributed by atoms with Gasteiger partial charge in [-0.05, 0) is 60.2 Å². The predicted molar refractivity (Wildman–Crippen MR) is 103 cm³/mol. The summed E-state index contributed by atoms with van der Waals surface area (Å²) in [6.07, 6.45) is 3.39. The SMILES string of the molecule is COc1ccc(C=CC(=O)c2ccc(Nc3ccccc3)cc2)cc1. The van der Waals surface area contributed by atoms with Crippen molar-refractivity contribution in [2.24, 2.45) is 0 Å². The molecule has 124 valence electrons. The molecule has 25 heavy (non-hydrogen) atoms. The number of carbonyl (C=O) groups is 1. The summed E-state index contributed by atoms with van der Waals surface area (Å²) in [5, 5.41) is 3.30. The van der Waals surface area contributed by atoms with Gasteiger partial charge < -0.3 is 10.1 Å². The lowest BCUT2D eigenvalue weighted by atomic mass is 10.1. The molecule has 1 N–H and O–H groups in total. The standard InChI is InChI=1S/C22H19NO2/c1-25-21-14-7-17(8-15-21)9-16-22(24)18-10-12-20(13-11-18)23-19-5-3-2-4-6-19/h2-16,23H,1H3. The van der Waals surface area contributed by atoms with Crippen LogP contribution in [0.25, 0.3) is 6.08 Å². The van der Waals surface area contributed by atoms with E-state index in [1.165, 1.54) is 0 Å². The zero-order chi connectivity index (χ0) is 17.5. The van der Waals surface area contributed by atoms with Gasteiger partial charge >= 0.3 is 0 Å². The van der Waals surface area contributed by atoms with E-state index in [0.29, 0.717) is 5.56 Å². The Morgan fingerprint density at radius 1 is 0.840 bits per heavy atom. The van der Waals surface area contributed by atoms with E-state index >= 15 is 0 Å². The fourth-order valence-electron chi connectivity index (χ4n) is 2.39. The maximum absolute atomic E-state index is 12.3. The van der Waals surface area contributed by atoms with Crippen molar-refractivity contribution in [2.75, 3.05) is 12.4 Å². The van der Waals surface area contributed by atoms with Gasteiger partial charge in [-0.2, -0.15) is 0 Å². The predicted octanol–water partition coefficient (Wildman–Crippen LogP) is 5.33. The van der Waals surface area contributed by atoms with Crippen molar-refractivity contribution in [2.45, 2.75) is 0 Å². The van der Waals surface area contributed by atoms with Gasteiger partial charge in [-0.1, -0.05) is 36.4 Å². The Morgan fingerprint density at radius 2 is 1.48 bits per heavy atom. The van der Waals surface area contributed by atoms with Crippen LogP contribution in [0.1, 0.15) is 15.9 Å². The van der Waals surface area contributed by atoms with E-state index in [2.05, 4.69) is 5.32 Å². The van der Waals surface area contributed by atoms with E-state index in [-0.39, 0.29) is 5.78 Å². The van der Waals surface area contributed by atoms with Gasteiger partial charge in [-0.15, -0.1) is 0 Å². The number of allylic oxidation sites excluding steroid dienone is 1. The molecule has 0 unspecified atom stereocenters. The number of hydrogen-bond acceptors (Lipinski definition) is 3. The third kappa shape index (κ3) is 4.58. The maximum atomic E-state index is 12.3. The summed E-state index contributed by atoms with van der Waals surface area (Å²) in [5.74, 6) is 0.770. The number of methoxy groups -OCH3 is 1. The maximum Gasteiger partial charge on any atom is 0.185 e. The number of ether oxygens (including phenoxy) is 1. The van der Waals surface area contributed by atoms with Gasteiger partial charge in [0.2, 0.25) is 0 Å². The van der Waals surface area contributed by atoms with Crippen LogP contribution < -0.4 is 10.1 Å². The molecular formula is C22H19NO2. The molecule has 0 radical (unpaired) electrons. The van der Waals surface area contributed by atoms with Crippen LogP contribution in [0.5, 0.6) is 5.75 Å². The number of para-hydroxylation sites is 1. The van der Waals surface area contributed by atoms with Gasteiger partial charge in [-0.3, -0.25) is 4.79 Å². The molecule has 0 aliphatic carbocycles. The fraction of sp³-hybridized carbons (Fsp3) is 0.0455. The molecule has 3 heteroatoms. The lowest BCUT2D eigenvalue weighted by molar-refractivity contribution is 0.104. The molecule has 3 rings (SSSR count). The van der Waals surface area contributed by atoms with Gasteiger partial charge in [0.25, 0.3) is 0 Å². The highest BCUT2D eigenvalue weighted by atomic mass is 16.5. The summed E-state index contributed by atoms with van der Waals surface area (Å²) >= 11 is 0. The molecule has 0 aromatic heterocycles. The number of nitrogens with one attached hydrogen (secondary N) is 1. The molecule has 0 amide bonds.